The highest BCUT2D eigenvalue weighted by Gasteiger charge is 2.34. The average Bonchev–Trinajstić information content (AvgIpc) is 2.24. The Morgan fingerprint density at radius 2 is 1.90 bits per heavy atom. The third-order valence-electron chi connectivity index (χ3n) is 1.92. The number of alkyl halides is 6. The Morgan fingerprint density at radius 1 is 1.35 bits per heavy atom. The fourth-order valence-corrected chi connectivity index (χ4v) is 2.67. The predicted octanol–water partition coefficient (Wildman–Crippen LogP) is 3.58. The van der Waals surface area contributed by atoms with Crippen LogP contribution < -0.4 is 4.74 Å². The average molecular weight is 360 g/mol. The summed E-state index contributed by atoms with van der Waals surface area (Å²) in [6, 6.07) is 0.251. The Labute approximate surface area is 118 Å². The molecule has 0 unspecified atom stereocenters. The van der Waals surface area contributed by atoms with Gasteiger partial charge < -0.3 is 4.74 Å². The highest BCUT2D eigenvalue weighted by atomic mass is 35.7. The number of nitrogens with zero attached hydrogens (tertiary/aromatic N) is 1. The first-order valence-electron chi connectivity index (χ1n) is 4.54. The minimum Gasteiger partial charge on any atom is -0.388 e. The third kappa shape index (κ3) is 4.32. The lowest BCUT2D eigenvalue weighted by atomic mass is 10.1. The van der Waals surface area contributed by atoms with Gasteiger partial charge in [0.25, 0.3) is 15.5 Å². The van der Waals surface area contributed by atoms with Crippen LogP contribution in [0, 0.1) is 0 Å². The van der Waals surface area contributed by atoms with E-state index in [9.17, 15) is 30.4 Å². The summed E-state index contributed by atoms with van der Waals surface area (Å²) in [6.07, 6.45) is -8.53. The van der Waals surface area contributed by atoms with Crippen LogP contribution in [0.3, 0.4) is 0 Å². The van der Waals surface area contributed by atoms with E-state index in [0.717, 1.165) is 0 Å². The first-order valence-corrected chi connectivity index (χ1v) is 7.38. The first-order chi connectivity index (χ1) is 8.95. The van der Waals surface area contributed by atoms with Gasteiger partial charge in [0, 0.05) is 27.9 Å². The van der Waals surface area contributed by atoms with Crippen LogP contribution in [0.2, 0.25) is 0 Å². The number of hydrogen-bond acceptors (Lipinski definition) is 4. The third-order valence-corrected chi connectivity index (χ3v) is 3.42. The smallest absolute Gasteiger partial charge is 0.388 e. The molecular formula is C8H4Cl2F5NO3S. The van der Waals surface area contributed by atoms with Crippen LogP contribution in [-0.2, 0) is 14.9 Å². The van der Waals surface area contributed by atoms with Gasteiger partial charge >= 0.3 is 6.36 Å². The van der Waals surface area contributed by atoms with Crippen molar-refractivity contribution in [1.82, 2.24) is 4.98 Å². The summed E-state index contributed by atoms with van der Waals surface area (Å²) in [5, 5.41) is -1.20. The summed E-state index contributed by atoms with van der Waals surface area (Å²) in [6.45, 7) is 0. The SMILES string of the molecule is O=S(=O)(Cl)c1nc(OC(F)(F)F)cc(C(F)F)c1CCl. The predicted molar refractivity (Wildman–Crippen MR) is 58.5 cm³/mol. The summed E-state index contributed by atoms with van der Waals surface area (Å²) >= 11 is 5.31. The standard InChI is InChI=1S/C8H4Cl2F5NO3S/c9-2-4-3(6(11)12)1-5(19-8(13,14)15)16-7(4)20(10,17)18/h1,6H,2H2. The zero-order valence-electron chi connectivity index (χ0n) is 9.09. The monoisotopic (exact) mass is 359 g/mol. The van der Waals surface area contributed by atoms with E-state index in [-0.39, 0.29) is 6.07 Å². The maximum Gasteiger partial charge on any atom is 0.574 e. The zero-order chi connectivity index (χ0) is 15.7. The van der Waals surface area contributed by atoms with Crippen molar-refractivity contribution in [2.45, 2.75) is 23.7 Å². The molecule has 0 N–H and O–H groups in total. The van der Waals surface area contributed by atoms with E-state index < -0.39 is 49.8 Å². The van der Waals surface area contributed by atoms with Crippen molar-refractivity contribution in [3.8, 4) is 5.88 Å². The molecule has 0 aliphatic heterocycles. The molecule has 20 heavy (non-hydrogen) atoms. The lowest BCUT2D eigenvalue weighted by Gasteiger charge is -2.14. The van der Waals surface area contributed by atoms with Crippen LogP contribution in [0.15, 0.2) is 11.1 Å². The number of halogens is 7. The molecule has 0 spiro atoms. The van der Waals surface area contributed by atoms with Gasteiger partial charge in [0.15, 0.2) is 5.03 Å². The first kappa shape index (κ1) is 17.2. The van der Waals surface area contributed by atoms with Crippen molar-refractivity contribution in [3.63, 3.8) is 0 Å². The number of hydrogen-bond donors (Lipinski definition) is 0. The van der Waals surface area contributed by atoms with E-state index in [4.69, 9.17) is 22.3 Å². The van der Waals surface area contributed by atoms with Gasteiger partial charge in [-0.05, 0) is 0 Å². The zero-order valence-corrected chi connectivity index (χ0v) is 11.4. The molecular weight excluding hydrogens is 356 g/mol. The van der Waals surface area contributed by atoms with Crippen LogP contribution >= 0.6 is 22.3 Å². The summed E-state index contributed by atoms with van der Waals surface area (Å²) in [5.41, 5.74) is -1.75. The van der Waals surface area contributed by atoms with Gasteiger partial charge in [-0.1, -0.05) is 0 Å². The van der Waals surface area contributed by atoms with Gasteiger partial charge in [0.05, 0.1) is 5.88 Å². The fourth-order valence-electron chi connectivity index (χ4n) is 1.24. The molecule has 0 amide bonds. The molecule has 4 nitrogen and oxygen atoms in total. The molecule has 0 saturated heterocycles. The molecule has 1 rings (SSSR count). The van der Waals surface area contributed by atoms with E-state index in [1.807, 2.05) is 0 Å². The second-order valence-corrected chi connectivity index (χ2v) is 6.00. The van der Waals surface area contributed by atoms with E-state index in [2.05, 4.69) is 9.72 Å². The highest BCUT2D eigenvalue weighted by Crippen LogP contribution is 2.34. The number of rotatable bonds is 4. The van der Waals surface area contributed by atoms with Gasteiger partial charge in [0.1, 0.15) is 0 Å². The lowest BCUT2D eigenvalue weighted by Crippen LogP contribution is -2.19. The molecule has 12 heteroatoms. The normalized spacial score (nSPS) is 12.8. The summed E-state index contributed by atoms with van der Waals surface area (Å²) in [7, 11) is 0.248. The van der Waals surface area contributed by atoms with E-state index in [1.165, 1.54) is 0 Å². The Morgan fingerprint density at radius 3 is 2.25 bits per heavy atom. The maximum atomic E-state index is 12.7. The second kappa shape index (κ2) is 5.86. The van der Waals surface area contributed by atoms with Crippen LogP contribution in [0.25, 0.3) is 0 Å². The summed E-state index contributed by atoms with van der Waals surface area (Å²) in [4.78, 5) is 2.96. The van der Waals surface area contributed by atoms with Crippen molar-refractivity contribution < 1.29 is 35.1 Å². The number of ether oxygens (including phenoxy) is 1. The van der Waals surface area contributed by atoms with Crippen LogP contribution in [0.4, 0.5) is 22.0 Å². The van der Waals surface area contributed by atoms with Gasteiger partial charge in [-0.3, -0.25) is 0 Å². The molecule has 0 aliphatic carbocycles. The van der Waals surface area contributed by atoms with Crippen molar-refractivity contribution in [1.29, 1.82) is 0 Å². The van der Waals surface area contributed by atoms with Gasteiger partial charge in [-0.15, -0.1) is 24.8 Å². The molecule has 0 aliphatic rings. The molecule has 0 bridgehead atoms. The summed E-state index contributed by atoms with van der Waals surface area (Å²) in [5.74, 6) is -2.11. The minimum atomic E-state index is -5.23. The molecule has 1 aromatic heterocycles. The topological polar surface area (TPSA) is 56.3 Å². The Hall–Kier alpha value is -0.870. The Balaban J connectivity index is 3.57. The van der Waals surface area contributed by atoms with Crippen molar-refractivity contribution in [2.24, 2.45) is 0 Å². The molecule has 0 fully saturated rings. The Bertz CT molecular complexity index is 605. The molecule has 114 valence electrons. The van der Waals surface area contributed by atoms with Gasteiger partial charge in [0.2, 0.25) is 5.88 Å². The minimum absolute atomic E-state index is 0.251. The van der Waals surface area contributed by atoms with Crippen LogP contribution in [-0.4, -0.2) is 19.8 Å². The molecule has 0 radical (unpaired) electrons. The maximum absolute atomic E-state index is 12.7. The summed E-state index contributed by atoms with van der Waals surface area (Å²) < 4.78 is 87.2. The van der Waals surface area contributed by atoms with Crippen molar-refractivity contribution >= 4 is 31.3 Å². The quantitative estimate of drug-likeness (QED) is 0.468. The van der Waals surface area contributed by atoms with E-state index in [0.29, 0.717) is 0 Å². The Kier molecular flexibility index (Phi) is 5.03. The molecule has 0 atom stereocenters. The molecule has 1 aromatic rings. The largest absolute Gasteiger partial charge is 0.574 e. The van der Waals surface area contributed by atoms with Crippen molar-refractivity contribution in [3.05, 3.63) is 17.2 Å². The van der Waals surface area contributed by atoms with Crippen LogP contribution in [0.1, 0.15) is 17.6 Å². The van der Waals surface area contributed by atoms with Crippen LogP contribution in [0.5, 0.6) is 5.88 Å². The fraction of sp³-hybridized carbons (Fsp3) is 0.375. The van der Waals surface area contributed by atoms with Gasteiger partial charge in [-0.2, -0.15) is 4.98 Å². The highest BCUT2D eigenvalue weighted by molar-refractivity contribution is 8.13. The molecule has 0 saturated carbocycles. The molecule has 0 aromatic carbocycles. The molecule has 1 heterocycles. The number of pyridine rings is 1. The van der Waals surface area contributed by atoms with E-state index in [1.54, 1.807) is 0 Å². The van der Waals surface area contributed by atoms with Crippen molar-refractivity contribution in [2.75, 3.05) is 0 Å². The second-order valence-electron chi connectivity index (χ2n) is 3.25. The number of aromatic nitrogens is 1. The lowest BCUT2D eigenvalue weighted by molar-refractivity contribution is -0.276. The van der Waals surface area contributed by atoms with Gasteiger partial charge in [-0.25, -0.2) is 17.2 Å². The van der Waals surface area contributed by atoms with E-state index >= 15 is 0 Å².